The fourth-order valence-corrected chi connectivity index (χ4v) is 4.60. The predicted octanol–water partition coefficient (Wildman–Crippen LogP) is 7.11. The van der Waals surface area contributed by atoms with Crippen LogP contribution < -0.4 is 4.18 Å². The summed E-state index contributed by atoms with van der Waals surface area (Å²) in [7, 11) is 0. The SMILES string of the molecule is CCc1ccc(C(=O)N(N(SOc2cccc(C)c2)C(=O)c2cc(C)cc(C)c2)C(C)(C)C)cc1. The molecule has 184 valence electrons. The number of nitrogens with zero attached hydrogens (tertiary/aromatic N) is 2. The van der Waals surface area contributed by atoms with E-state index in [1.54, 1.807) is 0 Å². The topological polar surface area (TPSA) is 49.9 Å². The summed E-state index contributed by atoms with van der Waals surface area (Å²) >= 11 is 0.853. The largest absolute Gasteiger partial charge is 0.404 e. The van der Waals surface area contributed by atoms with E-state index in [1.165, 1.54) is 9.42 Å². The lowest BCUT2D eigenvalue weighted by Crippen LogP contribution is -2.55. The fourth-order valence-electron chi connectivity index (χ4n) is 3.78. The van der Waals surface area contributed by atoms with Crippen molar-refractivity contribution in [2.45, 2.75) is 60.4 Å². The zero-order valence-electron chi connectivity index (χ0n) is 21.6. The van der Waals surface area contributed by atoms with Crippen molar-refractivity contribution in [3.8, 4) is 5.75 Å². The molecule has 0 spiro atoms. The summed E-state index contributed by atoms with van der Waals surface area (Å²) in [5.41, 5.74) is 4.42. The van der Waals surface area contributed by atoms with Crippen LogP contribution in [0.1, 0.15) is 70.7 Å². The van der Waals surface area contributed by atoms with E-state index in [4.69, 9.17) is 4.18 Å². The second kappa shape index (κ2) is 11.0. The van der Waals surface area contributed by atoms with Crippen molar-refractivity contribution in [1.82, 2.24) is 9.42 Å². The highest BCUT2D eigenvalue weighted by Crippen LogP contribution is 2.30. The number of carbonyl (C=O) groups is 2. The third-order valence-corrected chi connectivity index (χ3v) is 6.19. The fraction of sp³-hybridized carbons (Fsp3) is 0.310. The van der Waals surface area contributed by atoms with Gasteiger partial charge in [-0.25, -0.2) is 5.01 Å². The van der Waals surface area contributed by atoms with Gasteiger partial charge in [-0.3, -0.25) is 9.59 Å². The lowest BCUT2D eigenvalue weighted by atomic mass is 10.0. The van der Waals surface area contributed by atoms with E-state index in [1.807, 2.05) is 108 Å². The minimum atomic E-state index is -0.710. The molecule has 0 atom stereocenters. The molecular formula is C29H34N2O3S. The second-order valence-corrected chi connectivity index (χ2v) is 10.4. The van der Waals surface area contributed by atoms with Crippen molar-refractivity contribution >= 4 is 24.0 Å². The van der Waals surface area contributed by atoms with E-state index in [2.05, 4.69) is 6.92 Å². The van der Waals surface area contributed by atoms with E-state index in [-0.39, 0.29) is 11.8 Å². The van der Waals surface area contributed by atoms with Crippen LogP contribution in [0.2, 0.25) is 0 Å². The predicted molar refractivity (Wildman–Crippen MR) is 143 cm³/mol. The zero-order valence-corrected chi connectivity index (χ0v) is 22.4. The van der Waals surface area contributed by atoms with Gasteiger partial charge in [-0.2, -0.15) is 0 Å². The molecule has 6 heteroatoms. The number of hydrogen-bond acceptors (Lipinski definition) is 4. The number of aryl methyl sites for hydroxylation is 4. The van der Waals surface area contributed by atoms with Crippen LogP contribution >= 0.6 is 12.2 Å². The van der Waals surface area contributed by atoms with Crippen LogP contribution in [-0.2, 0) is 6.42 Å². The van der Waals surface area contributed by atoms with Gasteiger partial charge in [0.25, 0.3) is 11.8 Å². The van der Waals surface area contributed by atoms with Crippen LogP contribution in [0.4, 0.5) is 0 Å². The maximum absolute atomic E-state index is 13.9. The highest BCUT2D eigenvalue weighted by molar-refractivity contribution is 7.93. The third kappa shape index (κ3) is 6.67. The summed E-state index contributed by atoms with van der Waals surface area (Å²) in [6.07, 6.45) is 0.884. The summed E-state index contributed by atoms with van der Waals surface area (Å²) in [5, 5.41) is 1.48. The van der Waals surface area contributed by atoms with Gasteiger partial charge in [0.15, 0.2) is 0 Å². The van der Waals surface area contributed by atoms with E-state index >= 15 is 0 Å². The summed E-state index contributed by atoms with van der Waals surface area (Å²) < 4.78 is 7.32. The van der Waals surface area contributed by atoms with Crippen molar-refractivity contribution in [3.63, 3.8) is 0 Å². The minimum Gasteiger partial charge on any atom is -0.404 e. The van der Waals surface area contributed by atoms with Gasteiger partial charge in [-0.15, -0.1) is 4.41 Å². The molecule has 2 amide bonds. The van der Waals surface area contributed by atoms with Crippen LogP contribution in [0, 0.1) is 20.8 Å². The molecule has 3 aromatic rings. The van der Waals surface area contributed by atoms with Crippen LogP contribution in [-0.4, -0.2) is 26.8 Å². The van der Waals surface area contributed by atoms with E-state index in [0.717, 1.165) is 40.9 Å². The van der Waals surface area contributed by atoms with Gasteiger partial charge in [-0.1, -0.05) is 48.4 Å². The Morgan fingerprint density at radius 2 is 1.43 bits per heavy atom. The molecule has 3 aromatic carbocycles. The molecule has 0 aliphatic heterocycles. The molecular weight excluding hydrogens is 456 g/mol. The number of benzene rings is 3. The Hall–Kier alpha value is -3.25. The van der Waals surface area contributed by atoms with Crippen LogP contribution in [0.25, 0.3) is 0 Å². The molecule has 3 rings (SSSR count). The normalized spacial score (nSPS) is 11.2. The lowest BCUT2D eigenvalue weighted by Gasteiger charge is -2.41. The standard InChI is InChI=1S/C29H34N2O3S/c1-8-23-12-14-24(15-13-23)27(32)30(29(5,6)7)31(35-34-26-11-9-10-20(2)19-26)28(33)25-17-21(3)16-22(4)18-25/h9-19H,8H2,1-7H3. The molecule has 5 nitrogen and oxygen atoms in total. The maximum atomic E-state index is 13.9. The zero-order chi connectivity index (χ0) is 25.8. The Morgan fingerprint density at radius 3 is 1.97 bits per heavy atom. The van der Waals surface area contributed by atoms with Gasteiger partial charge >= 0.3 is 0 Å². The van der Waals surface area contributed by atoms with Gasteiger partial charge in [0, 0.05) is 11.1 Å². The summed E-state index contributed by atoms with van der Waals surface area (Å²) in [6.45, 7) is 13.7. The molecule has 0 aliphatic rings. The highest BCUT2D eigenvalue weighted by atomic mass is 32.2. The first kappa shape index (κ1) is 26.4. The summed E-state index contributed by atoms with van der Waals surface area (Å²) in [6, 6.07) is 20.8. The van der Waals surface area contributed by atoms with Gasteiger partial charge in [0.1, 0.15) is 5.75 Å². The van der Waals surface area contributed by atoms with Crippen molar-refractivity contribution in [3.05, 3.63) is 100 Å². The van der Waals surface area contributed by atoms with Gasteiger partial charge < -0.3 is 4.18 Å². The third-order valence-electron chi connectivity index (χ3n) is 5.45. The molecule has 0 unspecified atom stereocenters. The Morgan fingerprint density at radius 1 is 0.800 bits per heavy atom. The first-order valence-corrected chi connectivity index (χ1v) is 12.5. The summed E-state index contributed by atoms with van der Waals surface area (Å²) in [5.74, 6) is -0.0112. The van der Waals surface area contributed by atoms with E-state index in [9.17, 15) is 9.59 Å². The first-order valence-electron chi connectivity index (χ1n) is 11.8. The van der Waals surface area contributed by atoms with Crippen molar-refractivity contribution in [2.24, 2.45) is 0 Å². The Labute approximate surface area is 213 Å². The molecule has 0 saturated heterocycles. The molecule has 0 heterocycles. The molecule has 0 aliphatic carbocycles. The van der Waals surface area contributed by atoms with Gasteiger partial charge in [-0.05, 0) is 95.5 Å². The van der Waals surface area contributed by atoms with Crippen LogP contribution in [0.3, 0.4) is 0 Å². The van der Waals surface area contributed by atoms with Crippen molar-refractivity contribution in [1.29, 1.82) is 0 Å². The number of carbonyl (C=O) groups excluding carboxylic acids is 2. The molecule has 0 bridgehead atoms. The Kier molecular flexibility index (Phi) is 8.28. The lowest BCUT2D eigenvalue weighted by molar-refractivity contribution is -0.00181. The molecule has 35 heavy (non-hydrogen) atoms. The Bertz CT molecular complexity index is 1180. The average molecular weight is 491 g/mol. The van der Waals surface area contributed by atoms with Gasteiger partial charge in [0.05, 0.1) is 5.54 Å². The number of amides is 2. The average Bonchev–Trinajstić information content (AvgIpc) is 2.79. The maximum Gasteiger partial charge on any atom is 0.285 e. The van der Waals surface area contributed by atoms with Crippen LogP contribution in [0.15, 0.2) is 66.7 Å². The molecule has 0 fully saturated rings. The van der Waals surface area contributed by atoms with Crippen molar-refractivity contribution < 1.29 is 13.8 Å². The molecule has 0 aromatic heterocycles. The molecule has 0 radical (unpaired) electrons. The number of rotatable bonds is 6. The van der Waals surface area contributed by atoms with Gasteiger partial charge in [0.2, 0.25) is 12.2 Å². The first-order chi connectivity index (χ1) is 16.5. The smallest absolute Gasteiger partial charge is 0.285 e. The second-order valence-electron chi connectivity index (χ2n) is 9.77. The van der Waals surface area contributed by atoms with Crippen molar-refractivity contribution in [2.75, 3.05) is 0 Å². The molecule has 0 N–H and O–H groups in total. The van der Waals surface area contributed by atoms with Crippen LogP contribution in [0.5, 0.6) is 5.75 Å². The van der Waals surface area contributed by atoms with E-state index < -0.39 is 5.54 Å². The minimum absolute atomic E-state index is 0.279. The van der Waals surface area contributed by atoms with E-state index in [0.29, 0.717) is 16.9 Å². The quantitative estimate of drug-likeness (QED) is 0.210. The molecule has 0 saturated carbocycles. The number of hydrazine groups is 1. The highest BCUT2D eigenvalue weighted by Gasteiger charge is 2.38. The Balaban J connectivity index is 2.05. The monoisotopic (exact) mass is 490 g/mol. The number of hydrogen-bond donors (Lipinski definition) is 0. The summed E-state index contributed by atoms with van der Waals surface area (Å²) in [4.78, 5) is 27.7.